The van der Waals surface area contributed by atoms with Crippen molar-refractivity contribution in [1.82, 2.24) is 4.90 Å². The Morgan fingerprint density at radius 2 is 2.37 bits per heavy atom. The molecule has 0 N–H and O–H groups in total. The predicted molar refractivity (Wildman–Crippen MR) is 81.1 cm³/mol. The number of hydrogen-bond acceptors (Lipinski definition) is 5. The number of ether oxygens (including phenoxy) is 3. The van der Waals surface area contributed by atoms with Gasteiger partial charge in [-0.25, -0.2) is 0 Å². The minimum Gasteiger partial charge on any atom is -0.458 e. The first-order chi connectivity index (χ1) is 9.08. The molecular formula is C13H22INO4. The molecule has 1 heterocycles. The Morgan fingerprint density at radius 3 is 2.95 bits per heavy atom. The van der Waals surface area contributed by atoms with Crippen molar-refractivity contribution in [2.75, 3.05) is 34.0 Å². The number of piperidine rings is 1. The van der Waals surface area contributed by atoms with Crippen molar-refractivity contribution in [3.63, 3.8) is 0 Å². The molecule has 0 radical (unpaired) electrons. The van der Waals surface area contributed by atoms with Crippen molar-refractivity contribution >= 4 is 28.6 Å². The summed E-state index contributed by atoms with van der Waals surface area (Å²) in [5.74, 6) is -0.0924. The molecule has 0 spiro atoms. The number of carbonyl (C=O) groups is 1. The summed E-state index contributed by atoms with van der Waals surface area (Å²) in [6.07, 6.45) is 2.63. The summed E-state index contributed by atoms with van der Waals surface area (Å²) in [6.45, 7) is 3.50. The normalized spacial score (nSPS) is 26.5. The standard InChI is InChI=1S/C13H22INO4/c1-10(16)19-12(4-6-14)11-5-7-15(2)8-13(11)18-9-17-3/h4,6,11-13H,5,7-9H2,1-3H3/i2+2. The lowest BCUT2D eigenvalue weighted by Crippen LogP contribution is -2.48. The molecule has 0 aromatic rings. The highest BCUT2D eigenvalue weighted by Crippen LogP contribution is 2.26. The molecule has 0 aromatic heterocycles. The third-order valence-corrected chi connectivity index (χ3v) is 3.61. The SMILES string of the molecule is COCOC1CN([14CH3])CCC1C(C=CI)OC(C)=O. The molecule has 3 atom stereocenters. The number of likely N-dealkylation sites (N-methyl/N-ethyl adjacent to an activating group) is 1. The first-order valence-corrected chi connectivity index (χ1v) is 7.56. The van der Waals surface area contributed by atoms with Gasteiger partial charge in [0.05, 0.1) is 6.10 Å². The van der Waals surface area contributed by atoms with E-state index in [0.29, 0.717) is 0 Å². The highest BCUT2D eigenvalue weighted by molar-refractivity contribution is 14.1. The van der Waals surface area contributed by atoms with Gasteiger partial charge < -0.3 is 19.1 Å². The molecule has 3 unspecified atom stereocenters. The molecule has 110 valence electrons. The van der Waals surface area contributed by atoms with Crippen LogP contribution >= 0.6 is 22.6 Å². The molecule has 0 aromatic carbocycles. The number of halogens is 1. The Hall–Kier alpha value is -0.180. The van der Waals surface area contributed by atoms with Crippen LogP contribution in [-0.2, 0) is 19.0 Å². The molecule has 19 heavy (non-hydrogen) atoms. The molecule has 0 saturated carbocycles. The summed E-state index contributed by atoms with van der Waals surface area (Å²) in [7, 11) is 3.67. The van der Waals surface area contributed by atoms with Crippen LogP contribution < -0.4 is 0 Å². The Kier molecular flexibility index (Phi) is 7.89. The lowest BCUT2D eigenvalue weighted by Gasteiger charge is -2.39. The van der Waals surface area contributed by atoms with Crippen LogP contribution in [0.25, 0.3) is 0 Å². The second-order valence-corrected chi connectivity index (χ2v) is 5.44. The maximum Gasteiger partial charge on any atom is 0.303 e. The number of carbonyl (C=O) groups excluding carboxylic acids is 1. The monoisotopic (exact) mass is 385 g/mol. The highest BCUT2D eigenvalue weighted by Gasteiger charge is 2.35. The largest absolute Gasteiger partial charge is 0.458 e. The lowest BCUT2D eigenvalue weighted by molar-refractivity contribution is -0.157. The molecule has 1 aliphatic rings. The highest BCUT2D eigenvalue weighted by atomic mass is 127. The van der Waals surface area contributed by atoms with Crippen molar-refractivity contribution in [1.29, 1.82) is 0 Å². The van der Waals surface area contributed by atoms with E-state index in [1.807, 2.05) is 10.2 Å². The van der Waals surface area contributed by atoms with Crippen LogP contribution in [0.1, 0.15) is 13.3 Å². The first-order valence-electron chi connectivity index (χ1n) is 6.31. The van der Waals surface area contributed by atoms with E-state index in [1.54, 1.807) is 7.11 Å². The van der Waals surface area contributed by atoms with Crippen molar-refractivity contribution in [3.8, 4) is 0 Å². The van der Waals surface area contributed by atoms with Gasteiger partial charge >= 0.3 is 5.97 Å². The number of rotatable bonds is 6. The Morgan fingerprint density at radius 1 is 1.63 bits per heavy atom. The molecule has 1 aliphatic heterocycles. The van der Waals surface area contributed by atoms with Crippen LogP contribution in [0.2, 0.25) is 0 Å². The number of methoxy groups -OCH3 is 1. The fourth-order valence-corrected chi connectivity index (χ4v) is 2.74. The van der Waals surface area contributed by atoms with Gasteiger partial charge in [-0.05, 0) is 30.2 Å². The molecule has 5 nitrogen and oxygen atoms in total. The zero-order valence-corrected chi connectivity index (χ0v) is 13.8. The quantitative estimate of drug-likeness (QED) is 0.397. The average molecular weight is 385 g/mol. The summed E-state index contributed by atoms with van der Waals surface area (Å²) >= 11 is 2.14. The van der Waals surface area contributed by atoms with Crippen LogP contribution in [0.4, 0.5) is 0 Å². The van der Waals surface area contributed by atoms with Gasteiger partial charge in [0.15, 0.2) is 0 Å². The minimum atomic E-state index is -0.260. The third kappa shape index (κ3) is 5.76. The van der Waals surface area contributed by atoms with Crippen molar-refractivity contribution < 1.29 is 19.0 Å². The molecule has 0 aliphatic carbocycles. The molecule has 1 fully saturated rings. The van der Waals surface area contributed by atoms with Crippen LogP contribution in [0.15, 0.2) is 10.2 Å². The molecule has 6 heteroatoms. The number of likely N-dealkylation sites (tertiary alicyclic amines) is 1. The molecule has 0 amide bonds. The fourth-order valence-electron chi connectivity index (χ4n) is 2.33. The average Bonchev–Trinajstić information content (AvgIpc) is 2.35. The Balaban J connectivity index is 2.74. The smallest absolute Gasteiger partial charge is 0.303 e. The minimum absolute atomic E-state index is 0.00986. The van der Waals surface area contributed by atoms with Crippen molar-refractivity contribution in [3.05, 3.63) is 10.2 Å². The summed E-state index contributed by atoms with van der Waals surface area (Å²) in [4.78, 5) is 13.4. The summed E-state index contributed by atoms with van der Waals surface area (Å²) in [5.41, 5.74) is 0. The topological polar surface area (TPSA) is 48.0 Å². The van der Waals surface area contributed by atoms with Gasteiger partial charge in [-0.1, -0.05) is 22.6 Å². The van der Waals surface area contributed by atoms with Gasteiger partial charge in [0, 0.05) is 26.5 Å². The van der Waals surface area contributed by atoms with Crippen LogP contribution in [0, 0.1) is 5.92 Å². The van der Waals surface area contributed by atoms with E-state index in [0.717, 1.165) is 19.5 Å². The summed E-state index contributed by atoms with van der Waals surface area (Å²) in [6, 6.07) is 0. The molecule has 1 rings (SSSR count). The number of esters is 1. The van der Waals surface area contributed by atoms with E-state index >= 15 is 0 Å². The molecule has 0 bridgehead atoms. The maximum absolute atomic E-state index is 11.2. The van der Waals surface area contributed by atoms with Gasteiger partial charge in [0.1, 0.15) is 12.9 Å². The summed E-state index contributed by atoms with van der Waals surface area (Å²) in [5, 5.41) is 0. The van der Waals surface area contributed by atoms with Crippen LogP contribution in [0.3, 0.4) is 0 Å². The van der Waals surface area contributed by atoms with Crippen LogP contribution in [0.5, 0.6) is 0 Å². The van der Waals surface area contributed by atoms with Gasteiger partial charge in [-0.2, -0.15) is 0 Å². The van der Waals surface area contributed by atoms with E-state index in [4.69, 9.17) is 14.2 Å². The predicted octanol–water partition coefficient (Wildman–Crippen LogP) is 1.81. The number of nitrogens with zero attached hydrogens (tertiary/aromatic N) is 1. The second kappa shape index (κ2) is 8.89. The van der Waals surface area contributed by atoms with E-state index in [2.05, 4.69) is 34.5 Å². The maximum atomic E-state index is 11.2. The van der Waals surface area contributed by atoms with E-state index in [-0.39, 0.29) is 30.9 Å². The molecule has 1 saturated heterocycles. The van der Waals surface area contributed by atoms with Gasteiger partial charge in [0.2, 0.25) is 0 Å². The van der Waals surface area contributed by atoms with E-state index < -0.39 is 0 Å². The van der Waals surface area contributed by atoms with Crippen molar-refractivity contribution in [2.45, 2.75) is 25.6 Å². The fraction of sp³-hybridized carbons (Fsp3) is 0.769. The van der Waals surface area contributed by atoms with Crippen molar-refractivity contribution in [2.24, 2.45) is 5.92 Å². The molecular weight excluding hydrogens is 363 g/mol. The Labute approximate surface area is 128 Å². The van der Waals surface area contributed by atoms with Crippen LogP contribution in [-0.4, -0.2) is 57.1 Å². The zero-order chi connectivity index (χ0) is 14.3. The third-order valence-electron chi connectivity index (χ3n) is 3.20. The Bertz CT molecular complexity index is 311. The van der Waals surface area contributed by atoms with Gasteiger partial charge in [-0.3, -0.25) is 4.79 Å². The van der Waals surface area contributed by atoms with Gasteiger partial charge in [-0.15, -0.1) is 0 Å². The lowest BCUT2D eigenvalue weighted by atomic mass is 9.89. The van der Waals surface area contributed by atoms with E-state index in [1.165, 1.54) is 6.92 Å². The second-order valence-electron chi connectivity index (χ2n) is 4.72. The first kappa shape index (κ1) is 16.9. The number of hydrogen-bond donors (Lipinski definition) is 0. The van der Waals surface area contributed by atoms with Gasteiger partial charge in [0.25, 0.3) is 0 Å². The summed E-state index contributed by atoms with van der Waals surface area (Å²) < 4.78 is 18.0. The van der Waals surface area contributed by atoms with E-state index in [9.17, 15) is 4.79 Å². The zero-order valence-electron chi connectivity index (χ0n) is 11.7.